The summed E-state index contributed by atoms with van der Waals surface area (Å²) in [6, 6.07) is 10.7. The topological polar surface area (TPSA) is 75.7 Å². The van der Waals surface area contributed by atoms with Crippen molar-refractivity contribution in [2.24, 2.45) is 0 Å². The molecule has 0 bridgehead atoms. The zero-order valence-electron chi connectivity index (χ0n) is 15.2. The zero-order chi connectivity index (χ0) is 21.1. The van der Waals surface area contributed by atoms with Crippen LogP contribution in [0.2, 0.25) is 10.0 Å². The molecule has 0 unspecified atom stereocenters. The highest BCUT2D eigenvalue weighted by molar-refractivity contribution is 6.53. The number of nitrogens with zero attached hydrogens (tertiary/aromatic N) is 1. The summed E-state index contributed by atoms with van der Waals surface area (Å²) in [6.07, 6.45) is 0.678. The standard InChI is InChI=1S/C20H15Cl3N2O4/c1-2-8-29-20(28)11-4-3-5-13(9-11)25-18(26)16(23)17(19(25)27)24-12-6-7-14(21)15(22)10-12/h3-7,9-10,24H,2,8H2,1H3. The summed E-state index contributed by atoms with van der Waals surface area (Å²) in [5.41, 5.74) is 0.759. The highest BCUT2D eigenvalue weighted by atomic mass is 35.5. The van der Waals surface area contributed by atoms with Gasteiger partial charge in [0.15, 0.2) is 0 Å². The van der Waals surface area contributed by atoms with Crippen molar-refractivity contribution in [3.05, 3.63) is 68.8 Å². The Morgan fingerprint density at radius 3 is 2.48 bits per heavy atom. The van der Waals surface area contributed by atoms with Gasteiger partial charge in [-0.3, -0.25) is 9.59 Å². The number of nitrogens with one attached hydrogen (secondary N) is 1. The van der Waals surface area contributed by atoms with Gasteiger partial charge < -0.3 is 10.1 Å². The second-order valence-electron chi connectivity index (χ2n) is 6.07. The molecule has 1 aliphatic heterocycles. The lowest BCUT2D eigenvalue weighted by Crippen LogP contribution is -2.32. The fourth-order valence-electron chi connectivity index (χ4n) is 2.61. The third kappa shape index (κ3) is 4.40. The van der Waals surface area contributed by atoms with E-state index in [4.69, 9.17) is 39.5 Å². The number of esters is 1. The number of carbonyl (C=O) groups is 3. The van der Waals surface area contributed by atoms with E-state index >= 15 is 0 Å². The molecule has 1 heterocycles. The van der Waals surface area contributed by atoms with Gasteiger partial charge in [-0.25, -0.2) is 9.69 Å². The molecule has 29 heavy (non-hydrogen) atoms. The van der Waals surface area contributed by atoms with Crippen LogP contribution in [0, 0.1) is 0 Å². The fraction of sp³-hybridized carbons (Fsp3) is 0.150. The number of ether oxygens (including phenoxy) is 1. The van der Waals surface area contributed by atoms with Crippen LogP contribution in [-0.2, 0) is 14.3 Å². The van der Waals surface area contributed by atoms with Crippen molar-refractivity contribution in [2.45, 2.75) is 13.3 Å². The van der Waals surface area contributed by atoms with Crippen LogP contribution in [0.4, 0.5) is 11.4 Å². The van der Waals surface area contributed by atoms with Crippen LogP contribution in [0.15, 0.2) is 53.2 Å². The molecule has 0 atom stereocenters. The summed E-state index contributed by atoms with van der Waals surface area (Å²) in [6.45, 7) is 2.15. The van der Waals surface area contributed by atoms with Gasteiger partial charge in [0.2, 0.25) is 0 Å². The Morgan fingerprint density at radius 1 is 1.03 bits per heavy atom. The minimum Gasteiger partial charge on any atom is -0.462 e. The lowest BCUT2D eigenvalue weighted by molar-refractivity contribution is -0.120. The number of rotatable bonds is 6. The largest absolute Gasteiger partial charge is 0.462 e. The van der Waals surface area contributed by atoms with Crippen LogP contribution in [0.1, 0.15) is 23.7 Å². The van der Waals surface area contributed by atoms with Crippen molar-refractivity contribution >= 4 is 64.0 Å². The number of benzene rings is 2. The highest BCUT2D eigenvalue weighted by Crippen LogP contribution is 2.32. The maximum Gasteiger partial charge on any atom is 0.338 e. The van der Waals surface area contributed by atoms with E-state index in [0.29, 0.717) is 17.1 Å². The molecule has 0 aliphatic carbocycles. The van der Waals surface area contributed by atoms with Crippen molar-refractivity contribution < 1.29 is 19.1 Å². The molecule has 1 N–H and O–H groups in total. The van der Waals surface area contributed by atoms with E-state index in [9.17, 15) is 14.4 Å². The molecular formula is C20H15Cl3N2O4. The lowest BCUT2D eigenvalue weighted by Gasteiger charge is -2.16. The predicted molar refractivity (Wildman–Crippen MR) is 112 cm³/mol. The first-order valence-corrected chi connectivity index (χ1v) is 9.74. The number of amides is 2. The second-order valence-corrected chi connectivity index (χ2v) is 7.27. The third-order valence-electron chi connectivity index (χ3n) is 3.99. The quantitative estimate of drug-likeness (QED) is 0.492. The predicted octanol–water partition coefficient (Wildman–Crippen LogP) is 5.00. The summed E-state index contributed by atoms with van der Waals surface area (Å²) < 4.78 is 5.09. The van der Waals surface area contributed by atoms with E-state index in [2.05, 4.69) is 5.32 Å². The number of halogens is 3. The first kappa shape index (κ1) is 21.2. The molecule has 9 heteroatoms. The van der Waals surface area contributed by atoms with Gasteiger partial charge in [0, 0.05) is 5.69 Å². The van der Waals surface area contributed by atoms with Gasteiger partial charge >= 0.3 is 5.97 Å². The smallest absolute Gasteiger partial charge is 0.338 e. The molecule has 0 aromatic heterocycles. The van der Waals surface area contributed by atoms with Crippen LogP contribution >= 0.6 is 34.8 Å². The summed E-state index contributed by atoms with van der Waals surface area (Å²) in [4.78, 5) is 38.4. The Morgan fingerprint density at radius 2 is 1.79 bits per heavy atom. The summed E-state index contributed by atoms with van der Waals surface area (Å²) in [5.74, 6) is -1.91. The van der Waals surface area contributed by atoms with E-state index in [1.165, 1.54) is 24.3 Å². The van der Waals surface area contributed by atoms with E-state index < -0.39 is 17.8 Å². The van der Waals surface area contributed by atoms with Crippen molar-refractivity contribution in [2.75, 3.05) is 16.8 Å². The molecular weight excluding hydrogens is 439 g/mol. The van der Waals surface area contributed by atoms with Crippen LogP contribution < -0.4 is 10.2 Å². The Labute approximate surface area is 182 Å². The lowest BCUT2D eigenvalue weighted by atomic mass is 10.2. The van der Waals surface area contributed by atoms with E-state index in [0.717, 1.165) is 4.90 Å². The molecule has 2 aromatic carbocycles. The Kier molecular flexibility index (Phi) is 6.47. The first-order chi connectivity index (χ1) is 13.8. The van der Waals surface area contributed by atoms with Crippen molar-refractivity contribution in [3.8, 4) is 0 Å². The molecule has 3 rings (SSSR count). The molecule has 6 nitrogen and oxygen atoms in total. The van der Waals surface area contributed by atoms with Crippen LogP contribution in [-0.4, -0.2) is 24.4 Å². The minimum atomic E-state index is -0.710. The molecule has 0 saturated carbocycles. The van der Waals surface area contributed by atoms with Crippen LogP contribution in [0.25, 0.3) is 0 Å². The Bertz CT molecular complexity index is 1040. The monoisotopic (exact) mass is 452 g/mol. The maximum absolute atomic E-state index is 12.9. The van der Waals surface area contributed by atoms with Gasteiger partial charge in [-0.1, -0.05) is 47.8 Å². The average Bonchev–Trinajstić information content (AvgIpc) is 2.92. The molecule has 150 valence electrons. The number of hydrogen-bond acceptors (Lipinski definition) is 5. The van der Waals surface area contributed by atoms with Crippen LogP contribution in [0.3, 0.4) is 0 Å². The molecule has 0 radical (unpaired) electrons. The molecule has 0 spiro atoms. The third-order valence-corrected chi connectivity index (χ3v) is 5.08. The molecule has 2 amide bonds. The minimum absolute atomic E-state index is 0.103. The summed E-state index contributed by atoms with van der Waals surface area (Å²) >= 11 is 18.0. The van der Waals surface area contributed by atoms with Crippen molar-refractivity contribution in [1.29, 1.82) is 0 Å². The van der Waals surface area contributed by atoms with Crippen LogP contribution in [0.5, 0.6) is 0 Å². The van der Waals surface area contributed by atoms with Crippen molar-refractivity contribution in [3.63, 3.8) is 0 Å². The molecule has 2 aromatic rings. The van der Waals surface area contributed by atoms with E-state index in [1.807, 2.05) is 6.92 Å². The average molecular weight is 454 g/mol. The number of imide groups is 1. The summed E-state index contributed by atoms with van der Waals surface area (Å²) in [5, 5.41) is 3.15. The second kappa shape index (κ2) is 8.86. The van der Waals surface area contributed by atoms with Gasteiger partial charge in [0.1, 0.15) is 10.7 Å². The van der Waals surface area contributed by atoms with Gasteiger partial charge in [0.05, 0.1) is 27.9 Å². The number of anilines is 2. The van der Waals surface area contributed by atoms with E-state index in [1.54, 1.807) is 18.2 Å². The normalized spacial score (nSPS) is 13.9. The SMILES string of the molecule is CCCOC(=O)c1cccc(N2C(=O)C(Cl)=C(Nc3ccc(Cl)c(Cl)c3)C2=O)c1. The van der Waals surface area contributed by atoms with Gasteiger partial charge in [0.25, 0.3) is 11.8 Å². The van der Waals surface area contributed by atoms with E-state index in [-0.39, 0.29) is 33.6 Å². The molecule has 1 aliphatic rings. The highest BCUT2D eigenvalue weighted by Gasteiger charge is 2.39. The number of carbonyl (C=O) groups excluding carboxylic acids is 3. The Hall–Kier alpha value is -2.54. The fourth-order valence-corrected chi connectivity index (χ4v) is 3.12. The van der Waals surface area contributed by atoms with Gasteiger partial charge in [-0.05, 0) is 42.8 Å². The molecule has 0 fully saturated rings. The Balaban J connectivity index is 1.86. The van der Waals surface area contributed by atoms with Crippen molar-refractivity contribution in [1.82, 2.24) is 0 Å². The van der Waals surface area contributed by atoms with Gasteiger partial charge in [-0.15, -0.1) is 0 Å². The number of hydrogen-bond donors (Lipinski definition) is 1. The molecule has 0 saturated heterocycles. The first-order valence-electron chi connectivity index (χ1n) is 8.61. The zero-order valence-corrected chi connectivity index (χ0v) is 17.4. The summed E-state index contributed by atoms with van der Waals surface area (Å²) in [7, 11) is 0. The maximum atomic E-state index is 12.9. The van der Waals surface area contributed by atoms with Gasteiger partial charge in [-0.2, -0.15) is 0 Å².